The van der Waals surface area contributed by atoms with Gasteiger partial charge in [-0.2, -0.15) is 0 Å². The van der Waals surface area contributed by atoms with Gasteiger partial charge < -0.3 is 15.6 Å². The average molecular weight is 244 g/mol. The number of carbonyl (C=O) groups excluding carboxylic acids is 1. The molecule has 0 heterocycles. The highest BCUT2D eigenvalue weighted by Crippen LogP contribution is 2.09. The lowest BCUT2D eigenvalue weighted by Crippen LogP contribution is -2.16. The molecule has 0 radical (unpaired) electrons. The fourth-order valence-corrected chi connectivity index (χ4v) is 1.63. The van der Waals surface area contributed by atoms with Crippen LogP contribution in [0.2, 0.25) is 0 Å². The number of hydrogen-bond acceptors (Lipinski definition) is 3. The van der Waals surface area contributed by atoms with E-state index in [9.17, 15) is 0 Å². The minimum Gasteiger partial charge on any atom is -0.550 e. The third-order valence-electron chi connectivity index (χ3n) is 2.56. The molecule has 2 N–H and O–H groups in total. The molecule has 0 aliphatic heterocycles. The Hall–Kier alpha value is -0.570. The van der Waals surface area contributed by atoms with Gasteiger partial charge in [-0.15, -0.1) is 0 Å². The second-order valence-electron chi connectivity index (χ2n) is 4.46. The number of carboxylic acid groups (broad SMARTS) is 1. The largest absolute Gasteiger partial charge is 0.550 e. The molecule has 0 atom stereocenters. The monoisotopic (exact) mass is 244 g/mol. The van der Waals surface area contributed by atoms with Crippen molar-refractivity contribution >= 4 is 5.97 Å². The van der Waals surface area contributed by atoms with Gasteiger partial charge in [0.2, 0.25) is 0 Å². The summed E-state index contributed by atoms with van der Waals surface area (Å²) in [7, 11) is 0. The predicted octanol–water partition coefficient (Wildman–Crippen LogP) is 2.62. The van der Waals surface area contributed by atoms with Gasteiger partial charge >= 0.3 is 0 Å². The van der Waals surface area contributed by atoms with Gasteiger partial charge in [-0.3, -0.25) is 0 Å². The van der Waals surface area contributed by atoms with E-state index in [1.165, 1.54) is 64.2 Å². The maximum Gasteiger partial charge on any atom is 0.0383 e. The molecular weight excluding hydrogens is 214 g/mol. The first-order chi connectivity index (χ1) is 8.15. The van der Waals surface area contributed by atoms with Crippen LogP contribution in [0.1, 0.15) is 78.1 Å². The van der Waals surface area contributed by atoms with E-state index in [0.717, 1.165) is 13.5 Å². The summed E-state index contributed by atoms with van der Waals surface area (Å²) in [5, 5.41) is 8.89. The van der Waals surface area contributed by atoms with Crippen molar-refractivity contribution in [2.75, 3.05) is 6.54 Å². The Labute approximate surface area is 107 Å². The van der Waals surface area contributed by atoms with Crippen LogP contribution in [0.3, 0.4) is 0 Å². The number of carboxylic acids is 1. The summed E-state index contributed by atoms with van der Waals surface area (Å²) in [5.74, 6) is -1.08. The molecule has 0 amide bonds. The number of rotatable bonds is 10. The van der Waals surface area contributed by atoms with Crippen LogP contribution < -0.4 is 10.8 Å². The molecule has 0 spiro atoms. The van der Waals surface area contributed by atoms with Crippen molar-refractivity contribution < 1.29 is 9.90 Å². The lowest BCUT2D eigenvalue weighted by molar-refractivity contribution is -0.302. The molecule has 3 heteroatoms. The SMILES string of the molecule is CC(=O)[O-].CCCCCCCCCCCCN. The molecule has 0 saturated carbocycles. The molecule has 0 aliphatic carbocycles. The number of hydrogen-bond donors (Lipinski definition) is 1. The zero-order valence-electron chi connectivity index (χ0n) is 11.7. The Morgan fingerprint density at radius 2 is 1.18 bits per heavy atom. The maximum absolute atomic E-state index is 8.89. The summed E-state index contributed by atoms with van der Waals surface area (Å²) in [6.45, 7) is 4.11. The van der Waals surface area contributed by atoms with Gasteiger partial charge in [0, 0.05) is 5.97 Å². The Kier molecular flexibility index (Phi) is 19.7. The van der Waals surface area contributed by atoms with Crippen molar-refractivity contribution in [2.45, 2.75) is 78.1 Å². The number of unbranched alkanes of at least 4 members (excludes halogenated alkanes) is 9. The summed E-state index contributed by atoms with van der Waals surface area (Å²) in [5.41, 5.74) is 5.42. The third kappa shape index (κ3) is 31.3. The zero-order valence-corrected chi connectivity index (χ0v) is 11.7. The van der Waals surface area contributed by atoms with E-state index in [1.807, 2.05) is 0 Å². The summed E-state index contributed by atoms with van der Waals surface area (Å²) < 4.78 is 0. The molecule has 0 saturated heterocycles. The minimum atomic E-state index is -1.08. The molecule has 0 rings (SSSR count). The van der Waals surface area contributed by atoms with E-state index in [-0.39, 0.29) is 0 Å². The molecule has 17 heavy (non-hydrogen) atoms. The fourth-order valence-electron chi connectivity index (χ4n) is 1.63. The molecule has 0 aliphatic rings. The van der Waals surface area contributed by atoms with Crippen molar-refractivity contribution in [3.8, 4) is 0 Å². The van der Waals surface area contributed by atoms with Crippen LogP contribution in [-0.2, 0) is 4.79 Å². The van der Waals surface area contributed by atoms with Crippen molar-refractivity contribution in [1.82, 2.24) is 0 Å². The van der Waals surface area contributed by atoms with Gasteiger partial charge in [-0.05, 0) is 19.9 Å². The summed E-state index contributed by atoms with van der Waals surface area (Å²) in [4.78, 5) is 8.89. The van der Waals surface area contributed by atoms with Crippen LogP contribution in [0.4, 0.5) is 0 Å². The molecule has 0 aromatic heterocycles. The van der Waals surface area contributed by atoms with Gasteiger partial charge in [-0.25, -0.2) is 0 Å². The van der Waals surface area contributed by atoms with Crippen molar-refractivity contribution in [3.05, 3.63) is 0 Å². The molecule has 0 fully saturated rings. The average Bonchev–Trinajstić information content (AvgIpc) is 2.26. The van der Waals surface area contributed by atoms with Crippen LogP contribution >= 0.6 is 0 Å². The topological polar surface area (TPSA) is 66.1 Å². The summed E-state index contributed by atoms with van der Waals surface area (Å²) in [6, 6.07) is 0. The number of nitrogens with two attached hydrogens (primary N) is 1. The number of aliphatic carboxylic acids is 1. The molecule has 3 nitrogen and oxygen atoms in total. The predicted molar refractivity (Wildman–Crippen MR) is 71.6 cm³/mol. The Morgan fingerprint density at radius 3 is 1.47 bits per heavy atom. The highest BCUT2D eigenvalue weighted by Gasteiger charge is 1.91. The zero-order chi connectivity index (χ0) is 13.4. The van der Waals surface area contributed by atoms with Crippen LogP contribution in [0.5, 0.6) is 0 Å². The first kappa shape index (κ1) is 18.8. The van der Waals surface area contributed by atoms with E-state index in [4.69, 9.17) is 15.6 Å². The molecule has 0 aromatic rings. The normalized spacial score (nSPS) is 9.59. The first-order valence-corrected chi connectivity index (χ1v) is 7.02. The van der Waals surface area contributed by atoms with Crippen molar-refractivity contribution in [2.24, 2.45) is 5.73 Å². The second-order valence-corrected chi connectivity index (χ2v) is 4.46. The lowest BCUT2D eigenvalue weighted by Gasteiger charge is -2.00. The van der Waals surface area contributed by atoms with E-state index in [2.05, 4.69) is 6.92 Å². The van der Waals surface area contributed by atoms with Gasteiger partial charge in [-0.1, -0.05) is 64.7 Å². The number of carbonyl (C=O) groups is 1. The maximum atomic E-state index is 8.89. The first-order valence-electron chi connectivity index (χ1n) is 7.02. The van der Waals surface area contributed by atoms with Crippen molar-refractivity contribution in [1.29, 1.82) is 0 Å². The quantitative estimate of drug-likeness (QED) is 0.601. The van der Waals surface area contributed by atoms with E-state index in [0.29, 0.717) is 0 Å². The lowest BCUT2D eigenvalue weighted by atomic mass is 10.1. The third-order valence-corrected chi connectivity index (χ3v) is 2.56. The second kappa shape index (κ2) is 17.8. The van der Waals surface area contributed by atoms with Crippen LogP contribution in [0.25, 0.3) is 0 Å². The van der Waals surface area contributed by atoms with Crippen LogP contribution in [0, 0.1) is 0 Å². The molecule has 104 valence electrons. The Morgan fingerprint density at radius 1 is 0.882 bits per heavy atom. The fraction of sp³-hybridized carbons (Fsp3) is 0.929. The standard InChI is InChI=1S/C12H27N.C2H4O2/c1-2-3-4-5-6-7-8-9-10-11-12-13;1-2(3)4/h2-13H2,1H3;1H3,(H,3,4)/p-1. The molecule has 0 bridgehead atoms. The van der Waals surface area contributed by atoms with Gasteiger partial charge in [0.25, 0.3) is 0 Å². The van der Waals surface area contributed by atoms with E-state index < -0.39 is 5.97 Å². The summed E-state index contributed by atoms with van der Waals surface area (Å²) >= 11 is 0. The van der Waals surface area contributed by atoms with Gasteiger partial charge in [0.15, 0.2) is 0 Å². The van der Waals surface area contributed by atoms with Crippen LogP contribution in [0.15, 0.2) is 0 Å². The Bertz CT molecular complexity index is 135. The molecule has 0 aromatic carbocycles. The molecular formula is C14H30NO2-. The highest BCUT2D eigenvalue weighted by molar-refractivity contribution is 5.60. The highest BCUT2D eigenvalue weighted by atomic mass is 16.4. The molecule has 0 unspecified atom stereocenters. The van der Waals surface area contributed by atoms with E-state index in [1.54, 1.807) is 0 Å². The van der Waals surface area contributed by atoms with Gasteiger partial charge in [0.05, 0.1) is 0 Å². The van der Waals surface area contributed by atoms with Crippen LogP contribution in [-0.4, -0.2) is 12.5 Å². The van der Waals surface area contributed by atoms with Gasteiger partial charge in [0.1, 0.15) is 0 Å². The minimum absolute atomic E-state index is 0.872. The smallest absolute Gasteiger partial charge is 0.0383 e. The van der Waals surface area contributed by atoms with E-state index >= 15 is 0 Å². The van der Waals surface area contributed by atoms with Crippen molar-refractivity contribution in [3.63, 3.8) is 0 Å². The Balaban J connectivity index is 0. The summed E-state index contributed by atoms with van der Waals surface area (Å²) in [6.07, 6.45) is 13.9.